The molecule has 3 heteroatoms. The molecule has 0 amide bonds. The number of rotatable bonds is 6. The van der Waals surface area contributed by atoms with E-state index in [1.807, 2.05) is 0 Å². The van der Waals surface area contributed by atoms with Crippen LogP contribution >= 0.6 is 0 Å². The summed E-state index contributed by atoms with van der Waals surface area (Å²) in [4.78, 5) is 0. The smallest absolute Gasteiger partial charge is 0.0644 e. The minimum Gasteiger partial charge on any atom is -0.379 e. The van der Waals surface area contributed by atoms with Crippen LogP contribution < -0.4 is 5.73 Å². The van der Waals surface area contributed by atoms with Crippen LogP contribution in [0.3, 0.4) is 0 Å². The largest absolute Gasteiger partial charge is 0.379 e. The molecule has 0 aromatic carbocycles. The Morgan fingerprint density at radius 2 is 2.00 bits per heavy atom. The highest BCUT2D eigenvalue weighted by Gasteiger charge is 2.29. The van der Waals surface area contributed by atoms with Gasteiger partial charge in [0.15, 0.2) is 0 Å². The molecule has 1 rings (SSSR count). The van der Waals surface area contributed by atoms with Gasteiger partial charge in [0.05, 0.1) is 11.7 Å². The highest BCUT2D eigenvalue weighted by molar-refractivity contribution is 4.81. The van der Waals surface area contributed by atoms with Crippen LogP contribution in [0, 0.1) is 5.92 Å². The van der Waals surface area contributed by atoms with E-state index >= 15 is 0 Å². The van der Waals surface area contributed by atoms with Gasteiger partial charge in [0, 0.05) is 13.7 Å². The van der Waals surface area contributed by atoms with Crippen molar-refractivity contribution >= 4 is 0 Å². The number of hydrogen-bond donors (Lipinski definition) is 1. The van der Waals surface area contributed by atoms with Gasteiger partial charge in [-0.05, 0) is 45.6 Å². The zero-order chi connectivity index (χ0) is 10.6. The fourth-order valence-corrected chi connectivity index (χ4v) is 1.58. The van der Waals surface area contributed by atoms with Gasteiger partial charge in [-0.3, -0.25) is 0 Å². The molecule has 2 N–H and O–H groups in total. The lowest BCUT2D eigenvalue weighted by molar-refractivity contribution is -0.0606. The second-order valence-corrected chi connectivity index (χ2v) is 4.78. The van der Waals surface area contributed by atoms with E-state index in [1.165, 1.54) is 0 Å². The molecule has 1 aliphatic rings. The summed E-state index contributed by atoms with van der Waals surface area (Å²) in [5.74, 6) is 0.704. The second kappa shape index (κ2) is 5.10. The van der Waals surface area contributed by atoms with Crippen LogP contribution in [-0.2, 0) is 9.47 Å². The molecule has 1 aliphatic carbocycles. The Morgan fingerprint density at radius 3 is 2.50 bits per heavy atom. The Hall–Kier alpha value is -0.120. The molecule has 1 saturated carbocycles. The number of methoxy groups -OCH3 is 1. The lowest BCUT2D eigenvalue weighted by atomic mass is 9.82. The van der Waals surface area contributed by atoms with Crippen molar-refractivity contribution in [2.24, 2.45) is 11.7 Å². The molecule has 0 atom stereocenters. The average Bonchev–Trinajstić information content (AvgIpc) is 2.09. The van der Waals surface area contributed by atoms with E-state index in [9.17, 15) is 0 Å². The van der Waals surface area contributed by atoms with Crippen molar-refractivity contribution < 1.29 is 9.47 Å². The van der Waals surface area contributed by atoms with Crippen LogP contribution in [0.1, 0.15) is 33.1 Å². The third-order valence-corrected chi connectivity index (χ3v) is 3.14. The van der Waals surface area contributed by atoms with Gasteiger partial charge in [0.1, 0.15) is 0 Å². The summed E-state index contributed by atoms with van der Waals surface area (Å²) >= 11 is 0. The molecular weight excluding hydrogens is 178 g/mol. The van der Waals surface area contributed by atoms with Gasteiger partial charge in [0.2, 0.25) is 0 Å². The molecule has 0 aromatic heterocycles. The van der Waals surface area contributed by atoms with Crippen molar-refractivity contribution in [2.75, 3.05) is 20.3 Å². The quantitative estimate of drug-likeness (QED) is 0.709. The predicted octanol–water partition coefficient (Wildman–Crippen LogP) is 1.56. The van der Waals surface area contributed by atoms with Crippen molar-refractivity contribution in [2.45, 2.75) is 44.8 Å². The highest BCUT2D eigenvalue weighted by atomic mass is 16.5. The number of hydrogen-bond acceptors (Lipinski definition) is 3. The average molecular weight is 201 g/mol. The fraction of sp³-hybridized carbons (Fsp3) is 1.00. The number of ether oxygens (including phenoxy) is 2. The van der Waals surface area contributed by atoms with E-state index in [1.54, 1.807) is 7.11 Å². The van der Waals surface area contributed by atoms with E-state index in [4.69, 9.17) is 15.2 Å². The van der Waals surface area contributed by atoms with E-state index in [2.05, 4.69) is 13.8 Å². The summed E-state index contributed by atoms with van der Waals surface area (Å²) in [6.45, 7) is 5.77. The summed E-state index contributed by atoms with van der Waals surface area (Å²) in [5.41, 5.74) is 5.48. The van der Waals surface area contributed by atoms with Crippen LogP contribution in [0.15, 0.2) is 0 Å². The maximum absolute atomic E-state index is 5.71. The van der Waals surface area contributed by atoms with Gasteiger partial charge in [-0.2, -0.15) is 0 Å². The van der Waals surface area contributed by atoms with Gasteiger partial charge in [-0.1, -0.05) is 0 Å². The highest BCUT2D eigenvalue weighted by Crippen LogP contribution is 2.29. The number of nitrogens with two attached hydrogens (primary N) is 1. The zero-order valence-electron chi connectivity index (χ0n) is 9.58. The molecule has 0 aromatic rings. The maximum atomic E-state index is 5.71. The Balaban J connectivity index is 2.00. The summed E-state index contributed by atoms with van der Waals surface area (Å²) in [6, 6.07) is 0. The van der Waals surface area contributed by atoms with Gasteiger partial charge in [-0.25, -0.2) is 0 Å². The van der Waals surface area contributed by atoms with Crippen molar-refractivity contribution in [1.29, 1.82) is 0 Å². The van der Waals surface area contributed by atoms with Crippen molar-refractivity contribution in [3.63, 3.8) is 0 Å². The molecule has 0 spiro atoms. The monoisotopic (exact) mass is 201 g/mol. The van der Waals surface area contributed by atoms with E-state index in [0.29, 0.717) is 12.0 Å². The summed E-state index contributed by atoms with van der Waals surface area (Å²) in [5, 5.41) is 0. The molecule has 84 valence electrons. The van der Waals surface area contributed by atoms with Gasteiger partial charge < -0.3 is 15.2 Å². The fourth-order valence-electron chi connectivity index (χ4n) is 1.58. The molecule has 1 fully saturated rings. The SMILES string of the molecule is COC(C)(C)CCOC1CC(CN)C1. The predicted molar refractivity (Wildman–Crippen MR) is 57.2 cm³/mol. The Labute approximate surface area is 86.9 Å². The van der Waals surface area contributed by atoms with E-state index in [0.717, 1.165) is 32.4 Å². The molecule has 0 unspecified atom stereocenters. The zero-order valence-corrected chi connectivity index (χ0v) is 9.58. The molecule has 0 bridgehead atoms. The first-order chi connectivity index (χ1) is 6.57. The summed E-state index contributed by atoms with van der Waals surface area (Å²) in [6.07, 6.45) is 3.69. The minimum atomic E-state index is -0.0585. The molecule has 3 nitrogen and oxygen atoms in total. The first-order valence-corrected chi connectivity index (χ1v) is 5.44. The third-order valence-electron chi connectivity index (χ3n) is 3.14. The third kappa shape index (κ3) is 3.56. The first kappa shape index (κ1) is 12.0. The Kier molecular flexibility index (Phi) is 4.35. The summed E-state index contributed by atoms with van der Waals surface area (Å²) in [7, 11) is 1.74. The molecule has 14 heavy (non-hydrogen) atoms. The van der Waals surface area contributed by atoms with Crippen molar-refractivity contribution in [3.8, 4) is 0 Å². The van der Waals surface area contributed by atoms with Crippen LogP contribution in [-0.4, -0.2) is 32.0 Å². The van der Waals surface area contributed by atoms with Crippen molar-refractivity contribution in [1.82, 2.24) is 0 Å². The molecule has 0 aliphatic heterocycles. The van der Waals surface area contributed by atoms with Crippen LogP contribution in [0.4, 0.5) is 0 Å². The van der Waals surface area contributed by atoms with Crippen LogP contribution in [0.25, 0.3) is 0 Å². The minimum absolute atomic E-state index is 0.0585. The second-order valence-electron chi connectivity index (χ2n) is 4.78. The molecule has 0 radical (unpaired) electrons. The van der Waals surface area contributed by atoms with Crippen LogP contribution in [0.5, 0.6) is 0 Å². The standard InChI is InChI=1S/C11H23NO2/c1-11(2,13-3)4-5-14-10-6-9(7-10)8-12/h9-10H,4-8,12H2,1-3H3. The van der Waals surface area contributed by atoms with E-state index < -0.39 is 0 Å². The Bertz CT molecular complexity index is 165. The molecule has 0 saturated heterocycles. The normalized spacial score (nSPS) is 27.4. The van der Waals surface area contributed by atoms with Crippen LogP contribution in [0.2, 0.25) is 0 Å². The summed E-state index contributed by atoms with van der Waals surface area (Å²) < 4.78 is 11.0. The lowest BCUT2D eigenvalue weighted by Gasteiger charge is -2.35. The topological polar surface area (TPSA) is 44.5 Å². The molecule has 0 heterocycles. The molecular formula is C11H23NO2. The lowest BCUT2D eigenvalue weighted by Crippen LogP contribution is -2.37. The Morgan fingerprint density at radius 1 is 1.36 bits per heavy atom. The van der Waals surface area contributed by atoms with Gasteiger partial charge in [0.25, 0.3) is 0 Å². The van der Waals surface area contributed by atoms with E-state index in [-0.39, 0.29) is 5.60 Å². The van der Waals surface area contributed by atoms with Gasteiger partial charge in [-0.15, -0.1) is 0 Å². The maximum Gasteiger partial charge on any atom is 0.0644 e. The van der Waals surface area contributed by atoms with Gasteiger partial charge >= 0.3 is 0 Å². The van der Waals surface area contributed by atoms with Crippen molar-refractivity contribution in [3.05, 3.63) is 0 Å². The first-order valence-electron chi connectivity index (χ1n) is 5.44.